The normalized spacial score (nSPS) is 13.7. The third-order valence-corrected chi connectivity index (χ3v) is 3.62. The van der Waals surface area contributed by atoms with Crippen molar-refractivity contribution in [2.75, 3.05) is 0 Å². The zero-order valence-electron chi connectivity index (χ0n) is 13.6. The predicted octanol–water partition coefficient (Wildman–Crippen LogP) is 3.28. The molecule has 2 rings (SSSR count). The molecule has 0 bridgehead atoms. The summed E-state index contributed by atoms with van der Waals surface area (Å²) in [6.07, 6.45) is 0. The SMILES string of the molecule is CC(C)[C@@H](C)NC(=O)N[C@H](C)c1nc(-c2ccc(F)cc2)no1. The molecule has 7 heteroatoms. The van der Waals surface area contributed by atoms with Gasteiger partial charge in [-0.15, -0.1) is 0 Å². The summed E-state index contributed by atoms with van der Waals surface area (Å²) < 4.78 is 18.1. The molecule has 1 heterocycles. The minimum absolute atomic E-state index is 0.0552. The Kier molecular flexibility index (Phi) is 5.31. The molecular weight excluding hydrogens is 299 g/mol. The average molecular weight is 320 g/mol. The van der Waals surface area contributed by atoms with Crippen LogP contribution in [0.5, 0.6) is 0 Å². The molecule has 0 aliphatic rings. The van der Waals surface area contributed by atoms with Gasteiger partial charge in [0.2, 0.25) is 11.7 Å². The van der Waals surface area contributed by atoms with Crippen molar-refractivity contribution in [1.82, 2.24) is 20.8 Å². The molecule has 2 N–H and O–H groups in total. The van der Waals surface area contributed by atoms with E-state index >= 15 is 0 Å². The number of hydrogen-bond donors (Lipinski definition) is 2. The van der Waals surface area contributed by atoms with Crippen LogP contribution >= 0.6 is 0 Å². The maximum Gasteiger partial charge on any atom is 0.315 e. The van der Waals surface area contributed by atoms with E-state index in [-0.39, 0.29) is 23.8 Å². The minimum Gasteiger partial charge on any atom is -0.337 e. The molecule has 2 atom stereocenters. The van der Waals surface area contributed by atoms with Gasteiger partial charge in [-0.05, 0) is 44.0 Å². The first-order valence-corrected chi connectivity index (χ1v) is 7.53. The van der Waals surface area contributed by atoms with Crippen molar-refractivity contribution < 1.29 is 13.7 Å². The number of urea groups is 1. The number of halogens is 1. The van der Waals surface area contributed by atoms with Crippen molar-refractivity contribution in [3.05, 3.63) is 36.0 Å². The number of rotatable bonds is 5. The molecule has 0 saturated carbocycles. The number of hydrogen-bond acceptors (Lipinski definition) is 4. The first kappa shape index (κ1) is 16.9. The van der Waals surface area contributed by atoms with Gasteiger partial charge in [0.25, 0.3) is 0 Å². The lowest BCUT2D eigenvalue weighted by Crippen LogP contribution is -2.43. The highest BCUT2D eigenvalue weighted by Crippen LogP contribution is 2.18. The van der Waals surface area contributed by atoms with Crippen molar-refractivity contribution in [3.63, 3.8) is 0 Å². The fraction of sp³-hybridized carbons (Fsp3) is 0.438. The van der Waals surface area contributed by atoms with Crippen LogP contribution in [0, 0.1) is 11.7 Å². The number of benzene rings is 1. The monoisotopic (exact) mass is 320 g/mol. The summed E-state index contributed by atoms with van der Waals surface area (Å²) in [7, 11) is 0. The third-order valence-electron chi connectivity index (χ3n) is 3.62. The van der Waals surface area contributed by atoms with E-state index in [2.05, 4.69) is 20.8 Å². The summed E-state index contributed by atoms with van der Waals surface area (Å²) in [6.45, 7) is 7.75. The molecule has 2 amide bonds. The van der Waals surface area contributed by atoms with Gasteiger partial charge in [0.05, 0.1) is 0 Å². The molecule has 0 saturated heterocycles. The summed E-state index contributed by atoms with van der Waals surface area (Å²) in [6, 6.07) is 5.12. The standard InChI is InChI=1S/C16H21FN4O2/c1-9(2)10(3)18-16(22)19-11(4)15-20-14(21-23-15)12-5-7-13(17)8-6-12/h5-11H,1-4H3,(H2,18,19,22)/t10-,11-/m1/s1. The van der Waals surface area contributed by atoms with Crippen molar-refractivity contribution in [1.29, 1.82) is 0 Å². The van der Waals surface area contributed by atoms with Gasteiger partial charge in [0.15, 0.2) is 0 Å². The highest BCUT2D eigenvalue weighted by atomic mass is 19.1. The molecule has 23 heavy (non-hydrogen) atoms. The van der Waals surface area contributed by atoms with E-state index in [0.717, 1.165) is 0 Å². The molecule has 0 spiro atoms. The summed E-state index contributed by atoms with van der Waals surface area (Å²) in [5.74, 6) is 0.647. The van der Waals surface area contributed by atoms with Crippen LogP contribution in [0.3, 0.4) is 0 Å². The van der Waals surface area contributed by atoms with Gasteiger partial charge in [-0.1, -0.05) is 19.0 Å². The zero-order valence-corrected chi connectivity index (χ0v) is 13.6. The summed E-state index contributed by atoms with van der Waals surface area (Å²) in [4.78, 5) is 16.1. The van der Waals surface area contributed by atoms with Crippen molar-refractivity contribution in [2.24, 2.45) is 5.92 Å². The van der Waals surface area contributed by atoms with Gasteiger partial charge in [0.1, 0.15) is 11.9 Å². The van der Waals surface area contributed by atoms with Crippen LogP contribution in [0.15, 0.2) is 28.8 Å². The van der Waals surface area contributed by atoms with Gasteiger partial charge < -0.3 is 15.2 Å². The molecule has 6 nitrogen and oxygen atoms in total. The maximum absolute atomic E-state index is 12.9. The summed E-state index contributed by atoms with van der Waals surface area (Å²) in [5.41, 5.74) is 0.645. The number of carbonyl (C=O) groups excluding carboxylic acids is 1. The number of aromatic nitrogens is 2. The highest BCUT2D eigenvalue weighted by molar-refractivity contribution is 5.74. The molecule has 1 aromatic carbocycles. The Balaban J connectivity index is 1.99. The number of nitrogens with one attached hydrogen (secondary N) is 2. The largest absolute Gasteiger partial charge is 0.337 e. The molecule has 0 aliphatic heterocycles. The lowest BCUT2D eigenvalue weighted by molar-refractivity contribution is 0.228. The van der Waals surface area contributed by atoms with Crippen LogP contribution in [0.2, 0.25) is 0 Å². The van der Waals surface area contributed by atoms with Gasteiger partial charge in [0, 0.05) is 11.6 Å². The van der Waals surface area contributed by atoms with Crippen LogP contribution in [-0.4, -0.2) is 22.2 Å². The quantitative estimate of drug-likeness (QED) is 0.886. The average Bonchev–Trinajstić information content (AvgIpc) is 2.97. The second kappa shape index (κ2) is 7.21. The molecule has 2 aromatic rings. The van der Waals surface area contributed by atoms with Crippen molar-refractivity contribution in [2.45, 2.75) is 39.8 Å². The Morgan fingerprint density at radius 1 is 1.13 bits per heavy atom. The first-order valence-electron chi connectivity index (χ1n) is 7.53. The highest BCUT2D eigenvalue weighted by Gasteiger charge is 2.18. The molecule has 1 aromatic heterocycles. The van der Waals surface area contributed by atoms with E-state index in [9.17, 15) is 9.18 Å². The smallest absolute Gasteiger partial charge is 0.315 e. The number of amides is 2. The van der Waals surface area contributed by atoms with E-state index in [0.29, 0.717) is 17.3 Å². The van der Waals surface area contributed by atoms with E-state index in [4.69, 9.17) is 4.52 Å². The topological polar surface area (TPSA) is 80.0 Å². The van der Waals surface area contributed by atoms with Gasteiger partial charge in [-0.25, -0.2) is 9.18 Å². The lowest BCUT2D eigenvalue weighted by atomic mass is 10.1. The second-order valence-corrected chi connectivity index (χ2v) is 5.84. The fourth-order valence-corrected chi connectivity index (χ4v) is 1.80. The van der Waals surface area contributed by atoms with Gasteiger partial charge in [-0.3, -0.25) is 0 Å². The Hall–Kier alpha value is -2.44. The molecular formula is C16H21FN4O2. The predicted molar refractivity (Wildman–Crippen MR) is 84.1 cm³/mol. The van der Waals surface area contributed by atoms with Crippen LogP contribution in [0.25, 0.3) is 11.4 Å². The number of nitrogens with zero attached hydrogens (tertiary/aromatic N) is 2. The van der Waals surface area contributed by atoms with E-state index in [1.54, 1.807) is 19.1 Å². The minimum atomic E-state index is -0.434. The zero-order chi connectivity index (χ0) is 17.0. The lowest BCUT2D eigenvalue weighted by Gasteiger charge is -2.19. The molecule has 0 radical (unpaired) electrons. The molecule has 0 unspecified atom stereocenters. The Labute approximate surface area is 134 Å². The maximum atomic E-state index is 12.9. The van der Waals surface area contributed by atoms with Crippen molar-refractivity contribution >= 4 is 6.03 Å². The van der Waals surface area contributed by atoms with Gasteiger partial charge >= 0.3 is 6.03 Å². The summed E-state index contributed by atoms with van der Waals surface area (Å²) >= 11 is 0. The van der Waals surface area contributed by atoms with E-state index < -0.39 is 6.04 Å². The first-order chi connectivity index (χ1) is 10.9. The van der Waals surface area contributed by atoms with Crippen LogP contribution < -0.4 is 10.6 Å². The van der Waals surface area contributed by atoms with Crippen LogP contribution in [-0.2, 0) is 0 Å². The second-order valence-electron chi connectivity index (χ2n) is 5.84. The summed E-state index contributed by atoms with van der Waals surface area (Å²) in [5, 5.41) is 9.45. The molecule has 124 valence electrons. The molecule has 0 fully saturated rings. The Morgan fingerprint density at radius 3 is 2.39 bits per heavy atom. The number of carbonyl (C=O) groups is 1. The molecule has 0 aliphatic carbocycles. The van der Waals surface area contributed by atoms with E-state index in [1.165, 1.54) is 12.1 Å². The Morgan fingerprint density at radius 2 is 1.78 bits per heavy atom. The Bertz CT molecular complexity index is 654. The van der Waals surface area contributed by atoms with Crippen LogP contribution in [0.4, 0.5) is 9.18 Å². The van der Waals surface area contributed by atoms with Crippen molar-refractivity contribution in [3.8, 4) is 11.4 Å². The fourth-order valence-electron chi connectivity index (χ4n) is 1.80. The van der Waals surface area contributed by atoms with Crippen LogP contribution in [0.1, 0.15) is 39.6 Å². The van der Waals surface area contributed by atoms with Gasteiger partial charge in [-0.2, -0.15) is 4.98 Å². The third kappa shape index (κ3) is 4.51. The van der Waals surface area contributed by atoms with E-state index in [1.807, 2.05) is 20.8 Å².